The van der Waals surface area contributed by atoms with Crippen LogP contribution in [0.1, 0.15) is 51.9 Å². The Kier molecular flexibility index (Phi) is 4.16. The lowest BCUT2D eigenvalue weighted by molar-refractivity contribution is -0.141. The minimum Gasteiger partial charge on any atom is -0.481 e. The molecule has 6 heteroatoms. The normalized spacial score (nSPS) is 15.5. The average molecular weight is 292 g/mol. The Morgan fingerprint density at radius 1 is 1.38 bits per heavy atom. The summed E-state index contributed by atoms with van der Waals surface area (Å²) in [6, 6.07) is 0. The summed E-state index contributed by atoms with van der Waals surface area (Å²) >= 11 is 0. The Morgan fingerprint density at radius 2 is 2.05 bits per heavy atom. The maximum atomic E-state index is 12.4. The highest BCUT2D eigenvalue weighted by atomic mass is 16.4. The minimum absolute atomic E-state index is 0.0746. The smallest absolute Gasteiger partial charge is 0.308 e. The molecule has 114 valence electrons. The van der Waals surface area contributed by atoms with Crippen molar-refractivity contribution in [2.75, 3.05) is 13.6 Å². The lowest BCUT2D eigenvalue weighted by Gasteiger charge is -2.19. The second kappa shape index (κ2) is 5.71. The number of hydrogen-bond acceptors (Lipinski definition) is 3. The fraction of sp³-hybridized carbons (Fsp3) is 0.533. The Labute approximate surface area is 123 Å². The summed E-state index contributed by atoms with van der Waals surface area (Å²) in [7, 11) is 1.57. The van der Waals surface area contributed by atoms with Gasteiger partial charge in [0, 0.05) is 31.3 Å². The predicted molar refractivity (Wildman–Crippen MR) is 76.6 cm³/mol. The van der Waals surface area contributed by atoms with Crippen molar-refractivity contribution in [3.05, 3.63) is 22.5 Å². The second-order valence-corrected chi connectivity index (χ2v) is 5.68. The molecule has 6 nitrogen and oxygen atoms in total. The van der Waals surface area contributed by atoms with Crippen LogP contribution in [-0.4, -0.2) is 46.2 Å². The molecule has 2 N–H and O–H groups in total. The number of rotatable bonds is 4. The maximum Gasteiger partial charge on any atom is 0.308 e. The summed E-state index contributed by atoms with van der Waals surface area (Å²) in [5, 5.41) is 8.91. The molecule has 1 aromatic rings. The van der Waals surface area contributed by atoms with Crippen molar-refractivity contribution in [1.82, 2.24) is 9.88 Å². The molecule has 21 heavy (non-hydrogen) atoms. The molecule has 0 spiro atoms. The number of nitrogens with one attached hydrogen (secondary N) is 1. The minimum atomic E-state index is -0.938. The number of Topliss-reactive ketones (excluding diaryl/α,β-unsaturated/α-hetero) is 1. The highest BCUT2D eigenvalue weighted by molar-refractivity contribution is 6.04. The van der Waals surface area contributed by atoms with Crippen molar-refractivity contribution in [3.8, 4) is 0 Å². The van der Waals surface area contributed by atoms with Gasteiger partial charge in [0.1, 0.15) is 5.69 Å². The van der Waals surface area contributed by atoms with Crippen molar-refractivity contribution in [2.24, 2.45) is 5.92 Å². The largest absolute Gasteiger partial charge is 0.481 e. The topological polar surface area (TPSA) is 90.5 Å². The number of aromatic amines is 1. The van der Waals surface area contributed by atoms with Crippen LogP contribution in [0.15, 0.2) is 0 Å². The van der Waals surface area contributed by atoms with Crippen LogP contribution >= 0.6 is 0 Å². The molecule has 1 unspecified atom stereocenters. The van der Waals surface area contributed by atoms with Crippen molar-refractivity contribution in [1.29, 1.82) is 0 Å². The van der Waals surface area contributed by atoms with Gasteiger partial charge in [0.2, 0.25) is 0 Å². The molecule has 0 radical (unpaired) electrons. The number of amides is 1. The molecular weight excluding hydrogens is 272 g/mol. The monoisotopic (exact) mass is 292 g/mol. The van der Waals surface area contributed by atoms with Crippen LogP contribution in [0.5, 0.6) is 0 Å². The summed E-state index contributed by atoms with van der Waals surface area (Å²) < 4.78 is 0. The Bertz CT molecular complexity index is 603. The molecule has 0 saturated heterocycles. The van der Waals surface area contributed by atoms with E-state index in [0.29, 0.717) is 23.2 Å². The van der Waals surface area contributed by atoms with E-state index in [0.717, 1.165) is 18.5 Å². The van der Waals surface area contributed by atoms with Gasteiger partial charge in [0.05, 0.1) is 5.92 Å². The number of carbonyl (C=O) groups excluding carboxylic acids is 2. The van der Waals surface area contributed by atoms with E-state index >= 15 is 0 Å². The zero-order chi connectivity index (χ0) is 15.7. The quantitative estimate of drug-likeness (QED) is 0.882. The molecule has 1 aliphatic carbocycles. The molecule has 1 aromatic heterocycles. The maximum absolute atomic E-state index is 12.4. The van der Waals surface area contributed by atoms with Crippen LogP contribution in [-0.2, 0) is 11.2 Å². The molecule has 1 heterocycles. The van der Waals surface area contributed by atoms with Gasteiger partial charge in [-0.1, -0.05) is 6.92 Å². The molecule has 0 aromatic carbocycles. The number of carboxylic acid groups (broad SMARTS) is 1. The molecule has 0 fully saturated rings. The summed E-state index contributed by atoms with van der Waals surface area (Å²) in [5.41, 5.74) is 2.54. The fourth-order valence-electron chi connectivity index (χ4n) is 2.75. The molecule has 1 aliphatic rings. The average Bonchev–Trinajstić information content (AvgIpc) is 2.76. The molecule has 1 atom stereocenters. The van der Waals surface area contributed by atoms with E-state index in [1.165, 1.54) is 4.90 Å². The summed E-state index contributed by atoms with van der Waals surface area (Å²) in [4.78, 5) is 39.7. The molecule has 0 bridgehead atoms. The number of fused-ring (bicyclic) bond motifs is 1. The number of carboxylic acids is 1. The summed E-state index contributed by atoms with van der Waals surface area (Å²) in [6.07, 6.45) is 2.08. The molecule has 0 aliphatic heterocycles. The molecule has 0 saturated carbocycles. The van der Waals surface area contributed by atoms with Crippen molar-refractivity contribution in [2.45, 2.75) is 33.1 Å². The van der Waals surface area contributed by atoms with Gasteiger partial charge in [-0.2, -0.15) is 0 Å². The Morgan fingerprint density at radius 3 is 2.62 bits per heavy atom. The van der Waals surface area contributed by atoms with E-state index in [1.807, 2.05) is 0 Å². The second-order valence-electron chi connectivity index (χ2n) is 5.68. The van der Waals surface area contributed by atoms with Crippen LogP contribution < -0.4 is 0 Å². The fourth-order valence-corrected chi connectivity index (χ4v) is 2.75. The van der Waals surface area contributed by atoms with Gasteiger partial charge in [-0.3, -0.25) is 14.4 Å². The van der Waals surface area contributed by atoms with Gasteiger partial charge in [0.15, 0.2) is 5.78 Å². The lowest BCUT2D eigenvalue weighted by atomic mass is 9.94. The Hall–Kier alpha value is -2.11. The van der Waals surface area contributed by atoms with E-state index in [4.69, 9.17) is 5.11 Å². The van der Waals surface area contributed by atoms with Crippen molar-refractivity contribution >= 4 is 17.7 Å². The van der Waals surface area contributed by atoms with Gasteiger partial charge in [-0.15, -0.1) is 0 Å². The number of aryl methyl sites for hydroxylation is 1. The van der Waals surface area contributed by atoms with Crippen LogP contribution in [0.2, 0.25) is 0 Å². The molecule has 2 rings (SSSR count). The van der Waals surface area contributed by atoms with Crippen molar-refractivity contribution in [3.63, 3.8) is 0 Å². The van der Waals surface area contributed by atoms with Crippen LogP contribution in [0.4, 0.5) is 0 Å². The number of hydrogen-bond donors (Lipinski definition) is 2. The molecule has 1 amide bonds. The number of H-pyrrole nitrogens is 1. The standard InChI is InChI=1S/C15H20N2O4/c1-8(15(20)21)7-17(3)14(19)13-9(2)12-10(16-13)5-4-6-11(12)18/h8,16H,4-7H2,1-3H3,(H,20,21). The zero-order valence-electron chi connectivity index (χ0n) is 12.5. The molecular formula is C15H20N2O4. The van der Waals surface area contributed by atoms with E-state index in [-0.39, 0.29) is 18.2 Å². The van der Waals surface area contributed by atoms with Crippen LogP contribution in [0.3, 0.4) is 0 Å². The first-order valence-electron chi connectivity index (χ1n) is 7.05. The first kappa shape index (κ1) is 15.3. The number of nitrogens with zero attached hydrogens (tertiary/aromatic N) is 1. The lowest BCUT2D eigenvalue weighted by Crippen LogP contribution is -2.34. The highest BCUT2D eigenvalue weighted by Crippen LogP contribution is 2.27. The number of aliphatic carboxylic acids is 1. The first-order chi connectivity index (χ1) is 9.82. The number of ketones is 1. The third kappa shape index (κ3) is 2.84. The van der Waals surface area contributed by atoms with Crippen LogP contribution in [0.25, 0.3) is 0 Å². The van der Waals surface area contributed by atoms with E-state index < -0.39 is 11.9 Å². The van der Waals surface area contributed by atoms with E-state index in [9.17, 15) is 14.4 Å². The predicted octanol–water partition coefficient (Wildman–Crippen LogP) is 1.63. The Balaban J connectivity index is 2.24. The van der Waals surface area contributed by atoms with Gasteiger partial charge in [0.25, 0.3) is 5.91 Å². The van der Waals surface area contributed by atoms with E-state index in [1.54, 1.807) is 20.9 Å². The highest BCUT2D eigenvalue weighted by Gasteiger charge is 2.28. The SMILES string of the molecule is Cc1c(C(=O)N(C)CC(C)C(=O)O)[nH]c2c1C(=O)CCC2. The van der Waals surface area contributed by atoms with E-state index in [2.05, 4.69) is 4.98 Å². The van der Waals surface area contributed by atoms with Gasteiger partial charge < -0.3 is 15.0 Å². The van der Waals surface area contributed by atoms with Gasteiger partial charge >= 0.3 is 5.97 Å². The first-order valence-corrected chi connectivity index (χ1v) is 7.05. The van der Waals surface area contributed by atoms with Crippen LogP contribution in [0, 0.1) is 12.8 Å². The number of carbonyl (C=O) groups is 3. The van der Waals surface area contributed by atoms with Crippen molar-refractivity contribution < 1.29 is 19.5 Å². The third-order valence-electron chi connectivity index (χ3n) is 3.97. The zero-order valence-corrected chi connectivity index (χ0v) is 12.5. The summed E-state index contributed by atoms with van der Waals surface area (Å²) in [6.45, 7) is 3.45. The third-order valence-corrected chi connectivity index (χ3v) is 3.97. The number of aromatic nitrogens is 1. The van der Waals surface area contributed by atoms with Gasteiger partial charge in [-0.05, 0) is 25.3 Å². The summed E-state index contributed by atoms with van der Waals surface area (Å²) in [5.74, 6) is -1.77. The van der Waals surface area contributed by atoms with Gasteiger partial charge in [-0.25, -0.2) is 0 Å².